The van der Waals surface area contributed by atoms with Crippen molar-refractivity contribution in [3.63, 3.8) is 0 Å². The van der Waals surface area contributed by atoms with Gasteiger partial charge in [0.05, 0.1) is 6.61 Å². The second-order valence-electron chi connectivity index (χ2n) is 4.54. The zero-order valence-electron chi connectivity index (χ0n) is 11.6. The second kappa shape index (κ2) is 6.00. The maximum atomic E-state index is 12.1. The number of hydrogen-bond acceptors (Lipinski definition) is 5. The number of carbonyl (C=O) groups is 2. The van der Waals surface area contributed by atoms with E-state index < -0.39 is 5.97 Å². The molecule has 0 radical (unpaired) electrons. The molecular formula is C14H16N2O3S. The van der Waals surface area contributed by atoms with Gasteiger partial charge < -0.3 is 4.74 Å². The maximum absolute atomic E-state index is 12.1. The van der Waals surface area contributed by atoms with Crippen LogP contribution in [0.25, 0.3) is 0 Å². The number of nitrogens with one attached hydrogen (secondary N) is 1. The van der Waals surface area contributed by atoms with Crippen LogP contribution in [-0.2, 0) is 9.53 Å². The van der Waals surface area contributed by atoms with Gasteiger partial charge >= 0.3 is 5.97 Å². The molecule has 0 saturated heterocycles. The third kappa shape index (κ3) is 3.14. The summed E-state index contributed by atoms with van der Waals surface area (Å²) in [5.41, 5.74) is 3.11. The molecule has 1 aliphatic rings. The van der Waals surface area contributed by atoms with Crippen LogP contribution in [-0.4, -0.2) is 23.5 Å². The van der Waals surface area contributed by atoms with Crippen LogP contribution in [0.1, 0.15) is 37.7 Å². The molecule has 106 valence electrons. The van der Waals surface area contributed by atoms with Gasteiger partial charge in [-0.05, 0) is 32.8 Å². The van der Waals surface area contributed by atoms with Crippen molar-refractivity contribution < 1.29 is 14.3 Å². The highest BCUT2D eigenvalue weighted by Gasteiger charge is 2.19. The Morgan fingerprint density at radius 1 is 1.45 bits per heavy atom. The largest absolute Gasteiger partial charge is 0.461 e. The molecule has 6 heteroatoms. The van der Waals surface area contributed by atoms with E-state index in [0.29, 0.717) is 18.2 Å². The summed E-state index contributed by atoms with van der Waals surface area (Å²) in [5, 5.41) is 4.70. The smallest absolute Gasteiger partial charge is 0.357 e. The number of rotatable bonds is 4. The number of esters is 1. The van der Waals surface area contributed by atoms with Crippen molar-refractivity contribution in [1.29, 1.82) is 0 Å². The minimum absolute atomic E-state index is 0.166. The number of thiazole rings is 1. The Kier molecular flexibility index (Phi) is 4.34. The SMILES string of the molecule is CCOC(=O)c1csc(NC(=O)C2=C(C)C=C(C)C2)n1. The molecule has 0 aromatic carbocycles. The molecule has 20 heavy (non-hydrogen) atoms. The topological polar surface area (TPSA) is 68.3 Å². The van der Waals surface area contributed by atoms with Gasteiger partial charge in [0, 0.05) is 11.0 Å². The van der Waals surface area contributed by atoms with Crippen LogP contribution in [0.5, 0.6) is 0 Å². The van der Waals surface area contributed by atoms with Crippen LogP contribution < -0.4 is 5.32 Å². The van der Waals surface area contributed by atoms with Gasteiger partial charge in [0.15, 0.2) is 10.8 Å². The fourth-order valence-electron chi connectivity index (χ4n) is 1.99. The van der Waals surface area contributed by atoms with Crippen molar-refractivity contribution in [3.05, 3.63) is 33.9 Å². The highest BCUT2D eigenvalue weighted by Crippen LogP contribution is 2.26. The Hall–Kier alpha value is -1.95. The zero-order valence-corrected chi connectivity index (χ0v) is 12.5. The number of carbonyl (C=O) groups excluding carboxylic acids is 2. The minimum atomic E-state index is -0.474. The Balaban J connectivity index is 2.03. The average molecular weight is 292 g/mol. The molecule has 1 amide bonds. The molecule has 1 heterocycles. The summed E-state index contributed by atoms with van der Waals surface area (Å²) in [6, 6.07) is 0. The first kappa shape index (κ1) is 14.5. The number of aromatic nitrogens is 1. The van der Waals surface area contributed by atoms with Crippen LogP contribution in [0.3, 0.4) is 0 Å². The lowest BCUT2D eigenvalue weighted by atomic mass is 10.1. The average Bonchev–Trinajstić information content (AvgIpc) is 2.96. The van der Waals surface area contributed by atoms with E-state index in [1.807, 2.05) is 19.9 Å². The van der Waals surface area contributed by atoms with Crippen LogP contribution in [0, 0.1) is 0 Å². The van der Waals surface area contributed by atoms with Crippen molar-refractivity contribution in [2.45, 2.75) is 27.2 Å². The number of nitrogens with zero attached hydrogens (tertiary/aromatic N) is 1. The van der Waals surface area contributed by atoms with Crippen LogP contribution in [0.15, 0.2) is 28.2 Å². The monoisotopic (exact) mass is 292 g/mol. The molecule has 0 fully saturated rings. The summed E-state index contributed by atoms with van der Waals surface area (Å²) in [6.07, 6.45) is 2.66. The van der Waals surface area contributed by atoms with Gasteiger partial charge in [-0.2, -0.15) is 0 Å². The maximum Gasteiger partial charge on any atom is 0.357 e. The Bertz CT molecular complexity index is 614. The van der Waals surface area contributed by atoms with Gasteiger partial charge in [-0.15, -0.1) is 11.3 Å². The molecule has 1 N–H and O–H groups in total. The fraction of sp³-hybridized carbons (Fsp3) is 0.357. The van der Waals surface area contributed by atoms with Gasteiger partial charge in [-0.25, -0.2) is 9.78 Å². The predicted octanol–water partition coefficient (Wildman–Crippen LogP) is 2.92. The summed E-state index contributed by atoms with van der Waals surface area (Å²) in [7, 11) is 0. The van der Waals surface area contributed by atoms with Crippen molar-refractivity contribution >= 4 is 28.3 Å². The Morgan fingerprint density at radius 2 is 2.20 bits per heavy atom. The number of allylic oxidation sites excluding steroid dienone is 3. The Labute approximate surface area is 121 Å². The number of hydrogen-bond donors (Lipinski definition) is 1. The lowest BCUT2D eigenvalue weighted by molar-refractivity contribution is -0.112. The molecule has 0 aliphatic heterocycles. The second-order valence-corrected chi connectivity index (χ2v) is 5.40. The van der Waals surface area contributed by atoms with Crippen LogP contribution >= 0.6 is 11.3 Å². The van der Waals surface area contributed by atoms with E-state index in [1.54, 1.807) is 12.3 Å². The lowest BCUT2D eigenvalue weighted by Crippen LogP contribution is -2.14. The fourth-order valence-corrected chi connectivity index (χ4v) is 2.66. The van der Waals surface area contributed by atoms with Gasteiger partial charge in [0.1, 0.15) is 0 Å². The molecule has 0 atom stereocenters. The van der Waals surface area contributed by atoms with Crippen molar-refractivity contribution in [2.75, 3.05) is 11.9 Å². The molecule has 1 aromatic heterocycles. The third-order valence-corrected chi connectivity index (χ3v) is 3.64. The van der Waals surface area contributed by atoms with Crippen molar-refractivity contribution in [2.24, 2.45) is 0 Å². The molecule has 1 aliphatic carbocycles. The first-order valence-corrected chi connectivity index (χ1v) is 7.20. The first-order valence-electron chi connectivity index (χ1n) is 6.32. The summed E-state index contributed by atoms with van der Waals surface area (Å²) in [6.45, 7) is 5.94. The molecule has 1 aromatic rings. The van der Waals surface area contributed by atoms with Gasteiger partial charge in [-0.3, -0.25) is 10.1 Å². The highest BCUT2D eigenvalue weighted by molar-refractivity contribution is 7.14. The third-order valence-electron chi connectivity index (χ3n) is 2.88. The van der Waals surface area contributed by atoms with E-state index >= 15 is 0 Å². The summed E-state index contributed by atoms with van der Waals surface area (Å²) >= 11 is 1.21. The first-order chi connectivity index (χ1) is 9.51. The molecular weight excluding hydrogens is 276 g/mol. The Morgan fingerprint density at radius 3 is 2.80 bits per heavy atom. The lowest BCUT2D eigenvalue weighted by Gasteiger charge is -2.04. The minimum Gasteiger partial charge on any atom is -0.461 e. The van der Waals surface area contributed by atoms with E-state index in [2.05, 4.69) is 10.3 Å². The van der Waals surface area contributed by atoms with Crippen molar-refractivity contribution in [3.8, 4) is 0 Å². The van der Waals surface area contributed by atoms with Gasteiger partial charge in [0.2, 0.25) is 0 Å². The normalized spacial score (nSPS) is 14.2. The van der Waals surface area contributed by atoms with Crippen molar-refractivity contribution in [1.82, 2.24) is 4.98 Å². The van der Waals surface area contributed by atoms with E-state index in [0.717, 1.165) is 11.1 Å². The molecule has 0 saturated carbocycles. The standard InChI is InChI=1S/C14H16N2O3S/c1-4-19-13(18)11-7-20-14(15-11)16-12(17)10-6-8(2)5-9(10)3/h5,7H,4,6H2,1-3H3,(H,15,16,17). The van der Waals surface area contributed by atoms with E-state index in [4.69, 9.17) is 4.74 Å². The summed E-state index contributed by atoms with van der Waals surface area (Å²) in [5.74, 6) is -0.640. The zero-order chi connectivity index (χ0) is 14.7. The predicted molar refractivity (Wildman–Crippen MR) is 77.8 cm³/mol. The van der Waals surface area contributed by atoms with E-state index in [1.165, 1.54) is 16.9 Å². The van der Waals surface area contributed by atoms with E-state index in [9.17, 15) is 9.59 Å². The number of anilines is 1. The molecule has 2 rings (SSSR count). The molecule has 5 nitrogen and oxygen atoms in total. The van der Waals surface area contributed by atoms with Gasteiger partial charge in [-0.1, -0.05) is 11.6 Å². The molecule has 0 spiro atoms. The number of amides is 1. The summed E-state index contributed by atoms with van der Waals surface area (Å²) in [4.78, 5) is 27.7. The highest BCUT2D eigenvalue weighted by atomic mass is 32.1. The van der Waals surface area contributed by atoms with E-state index in [-0.39, 0.29) is 11.6 Å². The van der Waals surface area contributed by atoms with Gasteiger partial charge in [0.25, 0.3) is 5.91 Å². The quantitative estimate of drug-likeness (QED) is 0.866. The molecule has 0 bridgehead atoms. The number of ether oxygens (including phenoxy) is 1. The van der Waals surface area contributed by atoms with Crippen LogP contribution in [0.2, 0.25) is 0 Å². The summed E-state index contributed by atoms with van der Waals surface area (Å²) < 4.78 is 4.85. The van der Waals surface area contributed by atoms with Crippen LogP contribution in [0.4, 0.5) is 5.13 Å². The molecule has 0 unspecified atom stereocenters.